The van der Waals surface area contributed by atoms with Gasteiger partial charge in [-0.1, -0.05) is 12.1 Å². The number of aromatic nitrogens is 3. The molecule has 34 heavy (non-hydrogen) atoms. The van der Waals surface area contributed by atoms with Crippen molar-refractivity contribution in [2.24, 2.45) is 4.99 Å². The Bertz CT molecular complexity index is 1350. The van der Waals surface area contributed by atoms with Crippen LogP contribution in [0.25, 0.3) is 0 Å². The number of anilines is 1. The maximum absolute atomic E-state index is 13.0. The zero-order chi connectivity index (χ0) is 24.0. The smallest absolute Gasteiger partial charge is 0.355 e. The van der Waals surface area contributed by atoms with Crippen LogP contribution in [-0.2, 0) is 23.8 Å². The summed E-state index contributed by atoms with van der Waals surface area (Å²) >= 11 is 0. The number of nitrogens with zero attached hydrogens (tertiary/aromatic N) is 4. The van der Waals surface area contributed by atoms with Gasteiger partial charge in [-0.25, -0.2) is 15.0 Å². The number of rotatable bonds is 5. The fourth-order valence-electron chi connectivity index (χ4n) is 4.09. The second-order valence-corrected chi connectivity index (χ2v) is 8.32. The highest BCUT2D eigenvalue weighted by Crippen LogP contribution is 2.36. The van der Waals surface area contributed by atoms with E-state index in [1.165, 1.54) is 12.4 Å². The number of hydrogen-bond acceptors (Lipinski definition) is 7. The Kier molecular flexibility index (Phi) is 5.26. The second kappa shape index (κ2) is 8.15. The molecular weight excluding hydrogens is 451 g/mol. The number of nitrogens with one attached hydrogen (secondary N) is 1. The highest BCUT2D eigenvalue weighted by molar-refractivity contribution is 6.04. The summed E-state index contributed by atoms with van der Waals surface area (Å²) in [6.45, 7) is 1.82. The minimum atomic E-state index is -4.42. The molecule has 8 nitrogen and oxygen atoms in total. The number of carbonyl (C=O) groups excluding carboxylic acids is 2. The largest absolute Gasteiger partial charge is 0.416 e. The number of ketones is 1. The van der Waals surface area contributed by atoms with Crippen LogP contribution < -0.4 is 5.32 Å². The van der Waals surface area contributed by atoms with Crippen molar-refractivity contribution >= 4 is 28.9 Å². The molecule has 5 rings (SSSR count). The van der Waals surface area contributed by atoms with Gasteiger partial charge in [0.1, 0.15) is 17.8 Å². The number of alkyl halides is 3. The Morgan fingerprint density at radius 3 is 2.82 bits per heavy atom. The molecule has 0 aliphatic carbocycles. The Balaban J connectivity index is 1.30. The highest BCUT2D eigenvalue weighted by Gasteiger charge is 2.32. The topological polar surface area (TPSA) is 110 Å². The van der Waals surface area contributed by atoms with Gasteiger partial charge in [-0.3, -0.25) is 9.59 Å². The third kappa shape index (κ3) is 4.09. The van der Waals surface area contributed by atoms with E-state index < -0.39 is 11.7 Å². The predicted molar refractivity (Wildman–Crippen MR) is 114 cm³/mol. The molecule has 11 heteroatoms. The number of amides is 1. The molecule has 4 heterocycles. The van der Waals surface area contributed by atoms with E-state index in [2.05, 4.69) is 25.4 Å². The first kappa shape index (κ1) is 21.9. The Labute approximate surface area is 191 Å². The van der Waals surface area contributed by atoms with Gasteiger partial charge in [0, 0.05) is 36.8 Å². The van der Waals surface area contributed by atoms with Crippen molar-refractivity contribution in [2.45, 2.75) is 44.7 Å². The van der Waals surface area contributed by atoms with Gasteiger partial charge in [0.2, 0.25) is 5.91 Å². The minimum absolute atomic E-state index is 0.102. The van der Waals surface area contributed by atoms with Gasteiger partial charge in [-0.2, -0.15) is 13.2 Å². The summed E-state index contributed by atoms with van der Waals surface area (Å²) < 4.78 is 44.4. The minimum Gasteiger partial charge on any atom is -0.355 e. The number of benzene rings is 1. The van der Waals surface area contributed by atoms with Crippen LogP contribution in [-0.4, -0.2) is 32.5 Å². The Morgan fingerprint density at radius 2 is 2.03 bits per heavy atom. The van der Waals surface area contributed by atoms with E-state index in [0.717, 1.165) is 12.1 Å². The molecule has 3 aromatic rings. The number of Topliss-reactive ketones (excluding diaryl/α,β-unsaturated/α-hetero) is 1. The molecule has 0 saturated carbocycles. The molecular formula is C23H18F3N5O3. The summed E-state index contributed by atoms with van der Waals surface area (Å²) in [6, 6.07) is 5.09. The lowest BCUT2D eigenvalue weighted by atomic mass is 9.95. The van der Waals surface area contributed by atoms with Crippen molar-refractivity contribution in [3.8, 4) is 0 Å². The molecule has 0 spiro atoms. The van der Waals surface area contributed by atoms with E-state index in [-0.39, 0.29) is 42.6 Å². The van der Waals surface area contributed by atoms with Crippen molar-refractivity contribution in [2.75, 3.05) is 5.32 Å². The molecule has 2 aliphatic heterocycles. The lowest BCUT2D eigenvalue weighted by Gasteiger charge is -2.17. The molecule has 1 aromatic carbocycles. The molecule has 0 saturated heterocycles. The first-order valence-electron chi connectivity index (χ1n) is 10.6. The van der Waals surface area contributed by atoms with Crippen LogP contribution in [0, 0.1) is 0 Å². The number of fused-ring (bicyclic) bond motifs is 2. The number of hydrogen-bond donors (Lipinski definition) is 1. The molecule has 0 bridgehead atoms. The van der Waals surface area contributed by atoms with Gasteiger partial charge in [-0.05, 0) is 30.2 Å². The SMILES string of the molecule is C[C@@H](CC(=O)c1ncnc2c1CCC(=O)N2)c1cc(C2=Nc3ccc(C(F)(F)F)cc3C2)on1. The molecule has 1 atom stereocenters. The maximum atomic E-state index is 13.0. The van der Waals surface area contributed by atoms with Gasteiger partial charge in [0.15, 0.2) is 11.5 Å². The lowest BCUT2D eigenvalue weighted by molar-refractivity contribution is -0.137. The monoisotopic (exact) mass is 469 g/mol. The maximum Gasteiger partial charge on any atom is 0.416 e. The van der Waals surface area contributed by atoms with Crippen LogP contribution in [0.1, 0.15) is 64.3 Å². The van der Waals surface area contributed by atoms with E-state index in [0.29, 0.717) is 46.2 Å². The zero-order valence-corrected chi connectivity index (χ0v) is 17.9. The standard InChI is InChI=1S/C23H18F3N5O3/c1-11(6-18(32)21-14-3-5-20(33)30-22(14)28-10-27-21)16-9-19(34-31-16)17-8-12-7-13(23(24,25)26)2-4-15(12)29-17/h2,4,7,9-11H,3,5-6,8H2,1H3,(H,27,28,30,33)/t11-/m0/s1. The van der Waals surface area contributed by atoms with Crippen molar-refractivity contribution in [1.82, 2.24) is 15.1 Å². The summed E-state index contributed by atoms with van der Waals surface area (Å²) in [5, 5.41) is 6.70. The van der Waals surface area contributed by atoms with Crippen LogP contribution >= 0.6 is 0 Å². The van der Waals surface area contributed by atoms with E-state index >= 15 is 0 Å². The van der Waals surface area contributed by atoms with Crippen LogP contribution in [0.5, 0.6) is 0 Å². The van der Waals surface area contributed by atoms with Crippen LogP contribution in [0.15, 0.2) is 40.1 Å². The molecule has 2 aliphatic rings. The van der Waals surface area contributed by atoms with Gasteiger partial charge in [-0.15, -0.1) is 0 Å². The summed E-state index contributed by atoms with van der Waals surface area (Å²) in [6.07, 6.45) is -2.23. The number of halogens is 3. The van der Waals surface area contributed by atoms with E-state index in [1.54, 1.807) is 6.07 Å². The normalized spacial score (nSPS) is 15.9. The molecule has 174 valence electrons. The van der Waals surface area contributed by atoms with Gasteiger partial charge >= 0.3 is 6.18 Å². The van der Waals surface area contributed by atoms with Gasteiger partial charge in [0.25, 0.3) is 0 Å². The third-order valence-electron chi connectivity index (χ3n) is 5.90. The fourth-order valence-corrected chi connectivity index (χ4v) is 4.09. The van der Waals surface area contributed by atoms with E-state index in [9.17, 15) is 22.8 Å². The molecule has 0 radical (unpaired) electrons. The third-order valence-corrected chi connectivity index (χ3v) is 5.90. The fraction of sp³-hybridized carbons (Fsp3) is 0.304. The van der Waals surface area contributed by atoms with Crippen LogP contribution in [0.2, 0.25) is 0 Å². The molecule has 0 fully saturated rings. The first-order chi connectivity index (χ1) is 16.2. The molecule has 1 amide bonds. The first-order valence-corrected chi connectivity index (χ1v) is 10.6. The van der Waals surface area contributed by atoms with E-state index in [1.807, 2.05) is 6.92 Å². The van der Waals surface area contributed by atoms with Crippen LogP contribution in [0.4, 0.5) is 24.7 Å². The molecule has 2 aromatic heterocycles. The number of carbonyl (C=O) groups is 2. The average Bonchev–Trinajstić information content (AvgIpc) is 3.44. The second-order valence-electron chi connectivity index (χ2n) is 8.32. The molecule has 0 unspecified atom stereocenters. The van der Waals surface area contributed by atoms with Crippen molar-refractivity contribution in [3.05, 3.63) is 64.4 Å². The predicted octanol–water partition coefficient (Wildman–Crippen LogP) is 4.42. The Hall–Kier alpha value is -3.89. The van der Waals surface area contributed by atoms with Crippen molar-refractivity contribution in [3.63, 3.8) is 0 Å². The summed E-state index contributed by atoms with van der Waals surface area (Å²) in [4.78, 5) is 37.0. The van der Waals surface area contributed by atoms with Gasteiger partial charge < -0.3 is 9.84 Å². The van der Waals surface area contributed by atoms with E-state index in [4.69, 9.17) is 4.52 Å². The number of aliphatic imine (C=N–C) groups is 1. The summed E-state index contributed by atoms with van der Waals surface area (Å²) in [5.74, 6) is 0.0338. The van der Waals surface area contributed by atoms with Crippen molar-refractivity contribution < 1.29 is 27.3 Å². The Morgan fingerprint density at radius 1 is 1.21 bits per heavy atom. The summed E-state index contributed by atoms with van der Waals surface area (Å²) in [7, 11) is 0. The highest BCUT2D eigenvalue weighted by atomic mass is 19.4. The lowest BCUT2D eigenvalue weighted by Crippen LogP contribution is -2.23. The van der Waals surface area contributed by atoms with Gasteiger partial charge in [0.05, 0.1) is 22.7 Å². The quantitative estimate of drug-likeness (QED) is 0.554. The van der Waals surface area contributed by atoms with Crippen LogP contribution in [0.3, 0.4) is 0 Å². The zero-order valence-electron chi connectivity index (χ0n) is 17.9. The molecule has 1 N–H and O–H groups in total. The van der Waals surface area contributed by atoms with Crippen molar-refractivity contribution in [1.29, 1.82) is 0 Å². The average molecular weight is 469 g/mol. The summed E-state index contributed by atoms with van der Waals surface area (Å²) in [5.41, 5.74) is 2.10.